The molecule has 0 bridgehead atoms. The molecule has 0 radical (unpaired) electrons. The van der Waals surface area contributed by atoms with Gasteiger partial charge in [0.25, 0.3) is 5.91 Å². The molecule has 0 saturated carbocycles. The zero-order valence-corrected chi connectivity index (χ0v) is 22.4. The number of ether oxygens (including phenoxy) is 1. The van der Waals surface area contributed by atoms with E-state index in [0.29, 0.717) is 29.2 Å². The minimum atomic E-state index is -0.775. The number of piperazine rings is 1. The van der Waals surface area contributed by atoms with E-state index in [-0.39, 0.29) is 18.4 Å². The summed E-state index contributed by atoms with van der Waals surface area (Å²) in [5.41, 5.74) is 3.38. The molecule has 1 N–H and O–H groups in total. The van der Waals surface area contributed by atoms with Gasteiger partial charge in [0.15, 0.2) is 12.1 Å². The van der Waals surface area contributed by atoms with Gasteiger partial charge in [-0.1, -0.05) is 55.0 Å². The number of amides is 3. The van der Waals surface area contributed by atoms with Gasteiger partial charge in [-0.3, -0.25) is 14.5 Å². The average molecular weight is 533 g/mol. The quantitative estimate of drug-likeness (QED) is 0.483. The molecule has 2 atom stereocenters. The average Bonchev–Trinajstić information content (AvgIpc) is 3.58. The van der Waals surface area contributed by atoms with Crippen molar-refractivity contribution in [3.8, 4) is 0 Å². The summed E-state index contributed by atoms with van der Waals surface area (Å²) in [5.74, 6) is -0.275. The predicted octanol–water partition coefficient (Wildman–Crippen LogP) is 4.54. The SMILES string of the molecule is CCN1CCN(C(=O)[C@H]2[C@H](c3ccc(NC(=O)c4cccs4)cc3)OC(=O)N2Cc2cccc(C)c2)CC1. The Morgan fingerprint density at radius 1 is 1.03 bits per heavy atom. The third-order valence-electron chi connectivity index (χ3n) is 7.15. The fourth-order valence-corrected chi connectivity index (χ4v) is 5.65. The number of benzene rings is 2. The molecule has 8 nitrogen and oxygen atoms in total. The van der Waals surface area contributed by atoms with Crippen LogP contribution in [0.1, 0.15) is 39.4 Å². The number of anilines is 1. The Kier molecular flexibility index (Phi) is 7.76. The van der Waals surface area contributed by atoms with Crippen molar-refractivity contribution in [1.82, 2.24) is 14.7 Å². The predicted molar refractivity (Wildman–Crippen MR) is 147 cm³/mol. The minimum Gasteiger partial charge on any atom is -0.438 e. The molecule has 2 aliphatic rings. The van der Waals surface area contributed by atoms with E-state index in [2.05, 4.69) is 17.1 Å². The fourth-order valence-electron chi connectivity index (χ4n) is 5.03. The highest BCUT2D eigenvalue weighted by atomic mass is 32.1. The smallest absolute Gasteiger partial charge is 0.411 e. The molecule has 2 saturated heterocycles. The first kappa shape index (κ1) is 25.9. The first-order valence-electron chi connectivity index (χ1n) is 12.9. The third-order valence-corrected chi connectivity index (χ3v) is 8.02. The molecule has 2 aliphatic heterocycles. The maximum Gasteiger partial charge on any atom is 0.411 e. The van der Waals surface area contributed by atoms with E-state index in [1.54, 1.807) is 23.1 Å². The number of hydrogen-bond donors (Lipinski definition) is 1. The Morgan fingerprint density at radius 3 is 2.45 bits per heavy atom. The molecule has 0 spiro atoms. The lowest BCUT2D eigenvalue weighted by atomic mass is 9.99. The maximum absolute atomic E-state index is 13.9. The van der Waals surface area contributed by atoms with Gasteiger partial charge in [0, 0.05) is 31.9 Å². The number of thiophene rings is 1. The van der Waals surface area contributed by atoms with E-state index in [1.165, 1.54) is 11.3 Å². The van der Waals surface area contributed by atoms with Crippen LogP contribution in [0.25, 0.3) is 0 Å². The van der Waals surface area contributed by atoms with Crippen molar-refractivity contribution >= 4 is 34.9 Å². The largest absolute Gasteiger partial charge is 0.438 e. The number of aryl methyl sites for hydroxylation is 1. The van der Waals surface area contributed by atoms with Crippen LogP contribution < -0.4 is 5.32 Å². The molecule has 1 aromatic heterocycles. The van der Waals surface area contributed by atoms with Gasteiger partial charge >= 0.3 is 6.09 Å². The fraction of sp³-hybridized carbons (Fsp3) is 0.345. The molecule has 38 heavy (non-hydrogen) atoms. The van der Waals surface area contributed by atoms with E-state index in [9.17, 15) is 14.4 Å². The van der Waals surface area contributed by atoms with Crippen molar-refractivity contribution in [2.45, 2.75) is 32.5 Å². The Labute approximate surface area is 226 Å². The number of nitrogens with one attached hydrogen (secondary N) is 1. The lowest BCUT2D eigenvalue weighted by Gasteiger charge is -2.37. The van der Waals surface area contributed by atoms with Crippen molar-refractivity contribution in [3.63, 3.8) is 0 Å². The summed E-state index contributed by atoms with van der Waals surface area (Å²) in [5, 5.41) is 4.74. The van der Waals surface area contributed by atoms with E-state index in [1.807, 2.05) is 59.7 Å². The molecule has 3 heterocycles. The van der Waals surface area contributed by atoms with Crippen molar-refractivity contribution in [3.05, 3.63) is 87.6 Å². The summed E-state index contributed by atoms with van der Waals surface area (Å²) >= 11 is 1.37. The van der Waals surface area contributed by atoms with Gasteiger partial charge in [-0.2, -0.15) is 0 Å². The van der Waals surface area contributed by atoms with E-state index in [4.69, 9.17) is 4.74 Å². The Morgan fingerprint density at radius 2 is 1.79 bits per heavy atom. The van der Waals surface area contributed by atoms with Crippen molar-refractivity contribution in [2.75, 3.05) is 38.0 Å². The molecule has 2 aromatic carbocycles. The summed E-state index contributed by atoms with van der Waals surface area (Å²) < 4.78 is 5.85. The van der Waals surface area contributed by atoms with Gasteiger partial charge in [-0.05, 0) is 48.2 Å². The van der Waals surface area contributed by atoms with Crippen molar-refractivity contribution in [1.29, 1.82) is 0 Å². The van der Waals surface area contributed by atoms with Gasteiger partial charge in [-0.15, -0.1) is 11.3 Å². The number of cyclic esters (lactones) is 1. The van der Waals surface area contributed by atoms with E-state index < -0.39 is 18.2 Å². The third kappa shape index (κ3) is 5.58. The van der Waals surface area contributed by atoms with Crippen LogP contribution >= 0.6 is 11.3 Å². The van der Waals surface area contributed by atoms with Crippen LogP contribution in [0.3, 0.4) is 0 Å². The maximum atomic E-state index is 13.9. The number of nitrogens with zero attached hydrogens (tertiary/aromatic N) is 3. The molecule has 0 aliphatic carbocycles. The van der Waals surface area contributed by atoms with Crippen molar-refractivity contribution < 1.29 is 19.1 Å². The standard InChI is InChI=1S/C29H32N4O4S/c1-3-31-13-15-32(16-14-31)28(35)25-26(37-29(36)33(25)19-21-7-4-6-20(2)18-21)22-9-11-23(12-10-22)30-27(34)24-8-5-17-38-24/h4-12,17-18,25-26H,3,13-16,19H2,1-2H3,(H,30,34)/t25-,26+/m1/s1. The second kappa shape index (κ2) is 11.4. The van der Waals surface area contributed by atoms with Crippen molar-refractivity contribution in [2.24, 2.45) is 0 Å². The number of carbonyl (C=O) groups is 3. The Bertz CT molecular complexity index is 1290. The highest BCUT2D eigenvalue weighted by Crippen LogP contribution is 2.36. The minimum absolute atomic E-state index is 0.0978. The first-order chi connectivity index (χ1) is 18.4. The molecular weight excluding hydrogens is 500 g/mol. The summed E-state index contributed by atoms with van der Waals surface area (Å²) in [4.78, 5) is 45.8. The molecular formula is C29H32N4O4S. The van der Waals surface area contributed by atoms with Crippen LogP contribution in [0.2, 0.25) is 0 Å². The lowest BCUT2D eigenvalue weighted by molar-refractivity contribution is -0.138. The Balaban J connectivity index is 1.39. The molecule has 0 unspecified atom stereocenters. The molecule has 198 valence electrons. The summed E-state index contributed by atoms with van der Waals surface area (Å²) in [6.45, 7) is 8.22. The number of likely N-dealkylation sites (N-methyl/N-ethyl adjacent to an activating group) is 1. The van der Waals surface area contributed by atoms with Crippen LogP contribution in [0, 0.1) is 6.92 Å². The van der Waals surface area contributed by atoms with Gasteiger partial charge in [0.1, 0.15) is 0 Å². The number of hydrogen-bond acceptors (Lipinski definition) is 6. The Hall–Kier alpha value is -3.69. The van der Waals surface area contributed by atoms with Gasteiger partial charge in [-0.25, -0.2) is 4.79 Å². The summed E-state index contributed by atoms with van der Waals surface area (Å²) in [7, 11) is 0. The van der Waals surface area contributed by atoms with Gasteiger partial charge in [0.2, 0.25) is 5.91 Å². The lowest BCUT2D eigenvalue weighted by Crippen LogP contribution is -2.54. The number of rotatable bonds is 7. The molecule has 2 fully saturated rings. The second-order valence-corrected chi connectivity index (χ2v) is 10.6. The molecule has 3 aromatic rings. The molecule has 3 amide bonds. The molecule has 9 heteroatoms. The van der Waals surface area contributed by atoms with E-state index >= 15 is 0 Å². The van der Waals surface area contributed by atoms with Crippen LogP contribution in [0.5, 0.6) is 0 Å². The van der Waals surface area contributed by atoms with Crippen LogP contribution in [-0.4, -0.2) is 71.4 Å². The van der Waals surface area contributed by atoms with Gasteiger partial charge < -0.3 is 19.9 Å². The molecule has 5 rings (SSSR count). The normalized spacial score (nSPS) is 19.9. The van der Waals surface area contributed by atoms with Crippen LogP contribution in [0.15, 0.2) is 66.0 Å². The number of carbonyl (C=O) groups excluding carboxylic acids is 3. The topological polar surface area (TPSA) is 82.2 Å². The monoisotopic (exact) mass is 532 g/mol. The van der Waals surface area contributed by atoms with E-state index in [0.717, 1.165) is 30.8 Å². The first-order valence-corrected chi connectivity index (χ1v) is 13.8. The summed E-state index contributed by atoms with van der Waals surface area (Å²) in [6.07, 6.45) is -1.25. The highest BCUT2D eigenvalue weighted by Gasteiger charge is 2.48. The highest BCUT2D eigenvalue weighted by molar-refractivity contribution is 7.12. The second-order valence-electron chi connectivity index (χ2n) is 9.68. The zero-order chi connectivity index (χ0) is 26.6. The van der Waals surface area contributed by atoms with Gasteiger partial charge in [0.05, 0.1) is 11.4 Å². The van der Waals surface area contributed by atoms with Crippen LogP contribution in [-0.2, 0) is 16.1 Å². The van der Waals surface area contributed by atoms with Crippen LogP contribution in [0.4, 0.5) is 10.5 Å². The summed E-state index contributed by atoms with van der Waals surface area (Å²) in [6, 6.07) is 17.9. The zero-order valence-electron chi connectivity index (χ0n) is 21.6.